The Kier molecular flexibility index (Phi) is 3.87. The monoisotopic (exact) mass is 309 g/mol. The molecule has 0 bridgehead atoms. The van der Waals surface area contributed by atoms with Gasteiger partial charge in [-0.1, -0.05) is 6.92 Å². The average molecular weight is 310 g/mol. The minimum Gasteiger partial charge on any atom is -0.350 e. The predicted octanol–water partition coefficient (Wildman–Crippen LogP) is 3.91. The van der Waals surface area contributed by atoms with Crippen molar-refractivity contribution in [2.75, 3.05) is 18.5 Å². The fourth-order valence-corrected chi connectivity index (χ4v) is 2.92. The third-order valence-electron chi connectivity index (χ3n) is 2.52. The van der Waals surface area contributed by atoms with Gasteiger partial charge in [-0.05, 0) is 24.1 Å². The maximum absolute atomic E-state index is 12.4. The zero-order chi connectivity index (χ0) is 14.2. The minimum absolute atomic E-state index is 0.0407. The number of aromatic nitrogens is 2. The highest BCUT2D eigenvalue weighted by atomic mass is 35.5. The van der Waals surface area contributed by atoms with Crippen LogP contribution < -0.4 is 4.90 Å². The summed E-state index contributed by atoms with van der Waals surface area (Å²) in [6.07, 6.45) is -3.50. The largest absolute Gasteiger partial charge is 0.405 e. The summed E-state index contributed by atoms with van der Waals surface area (Å²) in [4.78, 5) is 10.7. The summed E-state index contributed by atoms with van der Waals surface area (Å²) in [5.41, 5.74) is 0. The molecule has 0 aliphatic heterocycles. The molecule has 0 saturated carbocycles. The molecule has 2 aromatic rings. The summed E-state index contributed by atoms with van der Waals surface area (Å²) < 4.78 is 37.3. The van der Waals surface area contributed by atoms with Gasteiger partial charge in [0.2, 0.25) is 5.28 Å². The Balaban J connectivity index is 2.49. The Labute approximate surface area is 117 Å². The van der Waals surface area contributed by atoms with E-state index in [-0.39, 0.29) is 11.1 Å². The van der Waals surface area contributed by atoms with Crippen LogP contribution in [-0.2, 0) is 6.42 Å². The van der Waals surface area contributed by atoms with E-state index in [1.165, 1.54) is 18.4 Å². The Morgan fingerprint density at radius 3 is 2.63 bits per heavy atom. The lowest BCUT2D eigenvalue weighted by molar-refractivity contribution is -0.119. The molecular formula is C11H11ClF3N3S. The van der Waals surface area contributed by atoms with E-state index < -0.39 is 12.7 Å². The molecule has 0 aliphatic carbocycles. The van der Waals surface area contributed by atoms with Crippen LogP contribution in [0.3, 0.4) is 0 Å². The highest BCUT2D eigenvalue weighted by Crippen LogP contribution is 2.32. The number of fused-ring (bicyclic) bond motifs is 1. The highest BCUT2D eigenvalue weighted by molar-refractivity contribution is 7.18. The number of nitrogens with zero attached hydrogens (tertiary/aromatic N) is 3. The number of thiophene rings is 1. The molecule has 3 nitrogen and oxygen atoms in total. The molecule has 0 spiro atoms. The zero-order valence-electron chi connectivity index (χ0n) is 10.3. The Morgan fingerprint density at radius 1 is 1.37 bits per heavy atom. The molecule has 0 atom stereocenters. The summed E-state index contributed by atoms with van der Waals surface area (Å²) in [5.74, 6) is 0.211. The summed E-state index contributed by atoms with van der Waals surface area (Å²) in [5, 5.41) is 0.569. The van der Waals surface area contributed by atoms with Crippen LogP contribution in [0.15, 0.2) is 6.07 Å². The number of rotatable bonds is 3. The van der Waals surface area contributed by atoms with Crippen molar-refractivity contribution in [1.82, 2.24) is 9.97 Å². The molecule has 0 aliphatic rings. The average Bonchev–Trinajstić information content (AvgIpc) is 2.68. The van der Waals surface area contributed by atoms with Gasteiger partial charge in [-0.3, -0.25) is 0 Å². The predicted molar refractivity (Wildman–Crippen MR) is 71.1 cm³/mol. The first kappa shape index (κ1) is 14.3. The van der Waals surface area contributed by atoms with Crippen molar-refractivity contribution in [3.8, 4) is 0 Å². The quantitative estimate of drug-likeness (QED) is 0.805. The summed E-state index contributed by atoms with van der Waals surface area (Å²) in [6.45, 7) is 0.894. The van der Waals surface area contributed by atoms with Crippen LogP contribution in [0.25, 0.3) is 10.2 Å². The smallest absolute Gasteiger partial charge is 0.350 e. The maximum atomic E-state index is 12.4. The van der Waals surface area contributed by atoms with Gasteiger partial charge in [-0.2, -0.15) is 18.2 Å². The van der Waals surface area contributed by atoms with Gasteiger partial charge < -0.3 is 4.90 Å². The van der Waals surface area contributed by atoms with E-state index in [9.17, 15) is 13.2 Å². The van der Waals surface area contributed by atoms with E-state index in [1.807, 2.05) is 13.0 Å². The van der Waals surface area contributed by atoms with Gasteiger partial charge in [0.05, 0.1) is 5.39 Å². The molecule has 104 valence electrons. The molecule has 0 aromatic carbocycles. The molecule has 0 unspecified atom stereocenters. The van der Waals surface area contributed by atoms with E-state index >= 15 is 0 Å². The SMILES string of the molecule is CCc1cc2c(N(C)CC(F)(F)F)nc(Cl)nc2s1. The first-order valence-electron chi connectivity index (χ1n) is 5.54. The molecule has 0 radical (unpaired) electrons. The van der Waals surface area contributed by atoms with Crippen LogP contribution in [0.1, 0.15) is 11.8 Å². The summed E-state index contributed by atoms with van der Waals surface area (Å²) in [7, 11) is 1.34. The molecular weight excluding hydrogens is 299 g/mol. The number of aryl methyl sites for hydroxylation is 1. The Bertz CT molecular complexity index is 597. The lowest BCUT2D eigenvalue weighted by Gasteiger charge is -2.20. The van der Waals surface area contributed by atoms with E-state index in [1.54, 1.807) is 0 Å². The van der Waals surface area contributed by atoms with Crippen LogP contribution in [0, 0.1) is 0 Å². The lowest BCUT2D eigenvalue weighted by atomic mass is 10.3. The third kappa shape index (κ3) is 3.27. The van der Waals surface area contributed by atoms with E-state index in [0.717, 1.165) is 16.2 Å². The van der Waals surface area contributed by atoms with E-state index in [0.29, 0.717) is 10.2 Å². The minimum atomic E-state index is -4.29. The van der Waals surface area contributed by atoms with Gasteiger partial charge in [0.1, 0.15) is 17.2 Å². The van der Waals surface area contributed by atoms with Crippen molar-refractivity contribution in [1.29, 1.82) is 0 Å². The fourth-order valence-electron chi connectivity index (χ4n) is 1.74. The second kappa shape index (κ2) is 5.13. The van der Waals surface area contributed by atoms with Gasteiger partial charge >= 0.3 is 6.18 Å². The number of alkyl halides is 3. The second-order valence-corrected chi connectivity index (χ2v) is 5.53. The number of halogens is 4. The van der Waals surface area contributed by atoms with Crippen LogP contribution in [0.2, 0.25) is 5.28 Å². The van der Waals surface area contributed by atoms with Gasteiger partial charge in [0.15, 0.2) is 0 Å². The number of hydrogen-bond acceptors (Lipinski definition) is 4. The van der Waals surface area contributed by atoms with Crippen LogP contribution in [0.4, 0.5) is 19.0 Å². The van der Waals surface area contributed by atoms with Crippen molar-refractivity contribution in [3.05, 3.63) is 16.2 Å². The van der Waals surface area contributed by atoms with Gasteiger partial charge in [0.25, 0.3) is 0 Å². The van der Waals surface area contributed by atoms with Gasteiger partial charge in [-0.15, -0.1) is 11.3 Å². The van der Waals surface area contributed by atoms with Gasteiger partial charge in [0, 0.05) is 11.9 Å². The highest BCUT2D eigenvalue weighted by Gasteiger charge is 2.30. The molecule has 2 heterocycles. The van der Waals surface area contributed by atoms with Crippen molar-refractivity contribution in [2.45, 2.75) is 19.5 Å². The fraction of sp³-hybridized carbons (Fsp3) is 0.455. The lowest BCUT2D eigenvalue weighted by Crippen LogP contribution is -2.31. The van der Waals surface area contributed by atoms with Crippen molar-refractivity contribution >= 4 is 39.0 Å². The van der Waals surface area contributed by atoms with Crippen molar-refractivity contribution in [2.24, 2.45) is 0 Å². The van der Waals surface area contributed by atoms with Crippen LogP contribution >= 0.6 is 22.9 Å². The van der Waals surface area contributed by atoms with E-state index in [4.69, 9.17) is 11.6 Å². The summed E-state index contributed by atoms with van der Waals surface area (Å²) >= 11 is 7.19. The third-order valence-corrected chi connectivity index (χ3v) is 3.87. The molecule has 0 N–H and O–H groups in total. The topological polar surface area (TPSA) is 29.0 Å². The first-order valence-corrected chi connectivity index (χ1v) is 6.73. The van der Waals surface area contributed by atoms with Crippen molar-refractivity contribution < 1.29 is 13.2 Å². The molecule has 0 fully saturated rings. The first-order chi connectivity index (χ1) is 8.80. The standard InChI is InChI=1S/C11H11ClF3N3S/c1-3-6-4-7-8(18(2)5-11(13,14)15)16-10(12)17-9(7)19-6/h4H,3,5H2,1-2H3. The molecule has 2 aromatic heterocycles. The Hall–Kier alpha value is -1.08. The number of hydrogen-bond donors (Lipinski definition) is 0. The molecule has 8 heteroatoms. The normalized spacial score (nSPS) is 12.1. The van der Waals surface area contributed by atoms with Crippen molar-refractivity contribution in [3.63, 3.8) is 0 Å². The summed E-state index contributed by atoms with van der Waals surface area (Å²) in [6, 6.07) is 1.82. The molecule has 19 heavy (non-hydrogen) atoms. The van der Waals surface area contributed by atoms with Crippen LogP contribution in [0.5, 0.6) is 0 Å². The zero-order valence-corrected chi connectivity index (χ0v) is 11.8. The number of anilines is 1. The molecule has 2 rings (SSSR count). The van der Waals surface area contributed by atoms with Crippen LogP contribution in [-0.4, -0.2) is 29.7 Å². The molecule has 0 saturated heterocycles. The van der Waals surface area contributed by atoms with E-state index in [2.05, 4.69) is 9.97 Å². The van der Waals surface area contributed by atoms with Gasteiger partial charge in [-0.25, -0.2) is 4.98 Å². The molecule has 0 amide bonds. The Morgan fingerprint density at radius 2 is 2.05 bits per heavy atom. The second-order valence-electron chi connectivity index (χ2n) is 4.07. The maximum Gasteiger partial charge on any atom is 0.405 e.